The lowest BCUT2D eigenvalue weighted by Crippen LogP contribution is -2.33. The van der Waals surface area contributed by atoms with Crippen molar-refractivity contribution in [2.75, 3.05) is 6.61 Å². The molecule has 0 aliphatic carbocycles. The lowest BCUT2D eigenvalue weighted by Gasteiger charge is -2.26. The standard InChI is InChI=1S/C16H17BrN2O2/c1-2-19-10-11(17)9-14(19)16(20)18-13-7-8-21-15-6-4-3-5-12(13)15/h3-6,9-10,13H,2,7-8H2,1H3,(H,18,20)/t13-/m0/s1. The Bertz CT molecular complexity index is 666. The second-order valence-electron chi connectivity index (χ2n) is 5.03. The number of hydrogen-bond donors (Lipinski definition) is 1. The van der Waals surface area contributed by atoms with E-state index in [2.05, 4.69) is 21.2 Å². The molecular weight excluding hydrogens is 332 g/mol. The summed E-state index contributed by atoms with van der Waals surface area (Å²) in [6.45, 7) is 3.41. The van der Waals surface area contributed by atoms with Crippen LogP contribution in [0.15, 0.2) is 41.0 Å². The second-order valence-corrected chi connectivity index (χ2v) is 5.95. The van der Waals surface area contributed by atoms with Crippen molar-refractivity contribution in [3.8, 4) is 5.75 Å². The van der Waals surface area contributed by atoms with Gasteiger partial charge in [0.1, 0.15) is 11.4 Å². The normalized spacial score (nSPS) is 17.0. The van der Waals surface area contributed by atoms with E-state index in [0.717, 1.165) is 28.8 Å². The first-order valence-corrected chi connectivity index (χ1v) is 7.86. The van der Waals surface area contributed by atoms with Crippen molar-refractivity contribution in [3.63, 3.8) is 0 Å². The summed E-state index contributed by atoms with van der Waals surface area (Å²) in [4.78, 5) is 12.5. The van der Waals surface area contributed by atoms with E-state index in [4.69, 9.17) is 4.74 Å². The third-order valence-electron chi connectivity index (χ3n) is 3.70. The van der Waals surface area contributed by atoms with Crippen LogP contribution >= 0.6 is 15.9 Å². The molecular formula is C16H17BrN2O2. The summed E-state index contributed by atoms with van der Waals surface area (Å²) in [5.41, 5.74) is 1.72. The maximum atomic E-state index is 12.5. The third-order valence-corrected chi connectivity index (χ3v) is 4.13. The van der Waals surface area contributed by atoms with Crippen LogP contribution in [0.25, 0.3) is 0 Å². The summed E-state index contributed by atoms with van der Waals surface area (Å²) < 4.78 is 8.48. The first-order valence-electron chi connectivity index (χ1n) is 7.07. The first-order chi connectivity index (χ1) is 10.2. The molecule has 1 aliphatic heterocycles. The topological polar surface area (TPSA) is 43.3 Å². The fourth-order valence-corrected chi connectivity index (χ4v) is 3.12. The van der Waals surface area contributed by atoms with E-state index in [1.807, 2.05) is 48.0 Å². The fourth-order valence-electron chi connectivity index (χ4n) is 2.65. The van der Waals surface area contributed by atoms with Crippen molar-refractivity contribution in [3.05, 3.63) is 52.3 Å². The predicted octanol–water partition coefficient (Wildman–Crippen LogP) is 3.52. The van der Waals surface area contributed by atoms with Gasteiger partial charge in [-0.1, -0.05) is 18.2 Å². The minimum atomic E-state index is -0.0516. The molecule has 1 aliphatic rings. The van der Waals surface area contributed by atoms with E-state index >= 15 is 0 Å². The van der Waals surface area contributed by atoms with Gasteiger partial charge in [0, 0.05) is 29.2 Å². The van der Waals surface area contributed by atoms with Gasteiger partial charge in [-0.05, 0) is 35.0 Å². The summed E-state index contributed by atoms with van der Waals surface area (Å²) in [6.07, 6.45) is 2.71. The molecule has 0 spiro atoms. The van der Waals surface area contributed by atoms with E-state index in [9.17, 15) is 4.79 Å². The van der Waals surface area contributed by atoms with Crippen LogP contribution in [-0.2, 0) is 6.54 Å². The average Bonchev–Trinajstić information content (AvgIpc) is 2.89. The van der Waals surface area contributed by atoms with Crippen molar-refractivity contribution in [2.45, 2.75) is 25.9 Å². The summed E-state index contributed by atoms with van der Waals surface area (Å²) in [6, 6.07) is 9.72. The number of amides is 1. The molecule has 0 radical (unpaired) electrons. The molecule has 0 fully saturated rings. The number of nitrogens with one attached hydrogen (secondary N) is 1. The van der Waals surface area contributed by atoms with Crippen LogP contribution in [0, 0.1) is 0 Å². The smallest absolute Gasteiger partial charge is 0.268 e. The number of carbonyl (C=O) groups excluding carboxylic acids is 1. The number of halogens is 1. The SMILES string of the molecule is CCn1cc(Br)cc1C(=O)N[C@H]1CCOc2ccccc21. The number of benzene rings is 1. The molecule has 1 aromatic carbocycles. The van der Waals surface area contributed by atoms with Gasteiger partial charge in [0.15, 0.2) is 0 Å². The van der Waals surface area contributed by atoms with E-state index in [1.165, 1.54) is 0 Å². The molecule has 1 N–H and O–H groups in total. The highest BCUT2D eigenvalue weighted by Gasteiger charge is 2.24. The fraction of sp³-hybridized carbons (Fsp3) is 0.312. The van der Waals surface area contributed by atoms with Crippen LogP contribution < -0.4 is 10.1 Å². The number of nitrogens with zero attached hydrogens (tertiary/aromatic N) is 1. The van der Waals surface area contributed by atoms with Crippen LogP contribution in [0.4, 0.5) is 0 Å². The summed E-state index contributed by atoms with van der Waals surface area (Å²) in [7, 11) is 0. The van der Waals surface area contributed by atoms with Crippen LogP contribution in [0.1, 0.15) is 35.4 Å². The monoisotopic (exact) mass is 348 g/mol. The van der Waals surface area contributed by atoms with Gasteiger partial charge >= 0.3 is 0 Å². The van der Waals surface area contributed by atoms with Gasteiger partial charge in [0.05, 0.1) is 12.6 Å². The largest absolute Gasteiger partial charge is 0.493 e. The highest BCUT2D eigenvalue weighted by atomic mass is 79.9. The van der Waals surface area contributed by atoms with Crippen molar-refractivity contribution < 1.29 is 9.53 Å². The third kappa shape index (κ3) is 2.83. The summed E-state index contributed by atoms with van der Waals surface area (Å²) >= 11 is 3.42. The molecule has 2 heterocycles. The second kappa shape index (κ2) is 5.93. The maximum Gasteiger partial charge on any atom is 0.268 e. The molecule has 110 valence electrons. The zero-order valence-electron chi connectivity index (χ0n) is 11.8. The van der Waals surface area contributed by atoms with Crippen molar-refractivity contribution in [1.82, 2.24) is 9.88 Å². The molecule has 1 amide bonds. The van der Waals surface area contributed by atoms with Crippen LogP contribution in [-0.4, -0.2) is 17.1 Å². The van der Waals surface area contributed by atoms with Gasteiger partial charge in [-0.2, -0.15) is 0 Å². The Morgan fingerprint density at radius 2 is 2.29 bits per heavy atom. The van der Waals surface area contributed by atoms with Crippen molar-refractivity contribution >= 4 is 21.8 Å². The lowest BCUT2D eigenvalue weighted by atomic mass is 10.0. The van der Waals surface area contributed by atoms with Crippen molar-refractivity contribution in [2.24, 2.45) is 0 Å². The predicted molar refractivity (Wildman–Crippen MR) is 84.6 cm³/mol. The Morgan fingerprint density at radius 3 is 3.10 bits per heavy atom. The zero-order chi connectivity index (χ0) is 14.8. The van der Waals surface area contributed by atoms with Crippen LogP contribution in [0.5, 0.6) is 5.75 Å². The zero-order valence-corrected chi connectivity index (χ0v) is 13.4. The molecule has 2 aromatic rings. The summed E-state index contributed by atoms with van der Waals surface area (Å²) in [5, 5.41) is 3.12. The van der Waals surface area contributed by atoms with Gasteiger partial charge in [-0.25, -0.2) is 0 Å². The minimum Gasteiger partial charge on any atom is -0.493 e. The average molecular weight is 349 g/mol. The van der Waals surface area contributed by atoms with Gasteiger partial charge in [-0.15, -0.1) is 0 Å². The molecule has 21 heavy (non-hydrogen) atoms. The molecule has 5 heteroatoms. The Morgan fingerprint density at radius 1 is 1.48 bits per heavy atom. The Balaban J connectivity index is 1.82. The number of carbonyl (C=O) groups is 1. The molecule has 0 bridgehead atoms. The van der Waals surface area contributed by atoms with Crippen LogP contribution in [0.2, 0.25) is 0 Å². The number of fused-ring (bicyclic) bond motifs is 1. The van der Waals surface area contributed by atoms with Crippen molar-refractivity contribution in [1.29, 1.82) is 0 Å². The molecule has 4 nitrogen and oxygen atoms in total. The number of rotatable bonds is 3. The van der Waals surface area contributed by atoms with E-state index < -0.39 is 0 Å². The highest BCUT2D eigenvalue weighted by molar-refractivity contribution is 9.10. The molecule has 0 saturated heterocycles. The highest BCUT2D eigenvalue weighted by Crippen LogP contribution is 2.31. The van der Waals surface area contributed by atoms with Crippen LogP contribution in [0.3, 0.4) is 0 Å². The minimum absolute atomic E-state index is 0.00133. The first kappa shape index (κ1) is 14.2. The lowest BCUT2D eigenvalue weighted by molar-refractivity contribution is 0.0915. The Labute approximate surface area is 132 Å². The number of para-hydroxylation sites is 1. The number of ether oxygens (including phenoxy) is 1. The van der Waals surface area contributed by atoms with E-state index in [0.29, 0.717) is 12.3 Å². The number of hydrogen-bond acceptors (Lipinski definition) is 2. The van der Waals surface area contributed by atoms with Gasteiger partial charge < -0.3 is 14.6 Å². The summed E-state index contributed by atoms with van der Waals surface area (Å²) in [5.74, 6) is 0.811. The van der Waals surface area contributed by atoms with Gasteiger partial charge in [-0.3, -0.25) is 4.79 Å². The molecule has 3 rings (SSSR count). The van der Waals surface area contributed by atoms with E-state index in [-0.39, 0.29) is 11.9 Å². The quantitative estimate of drug-likeness (QED) is 0.921. The molecule has 1 aromatic heterocycles. The Kier molecular flexibility index (Phi) is 4.01. The number of aryl methyl sites for hydroxylation is 1. The molecule has 0 unspecified atom stereocenters. The maximum absolute atomic E-state index is 12.5. The molecule has 0 saturated carbocycles. The van der Waals surface area contributed by atoms with Gasteiger partial charge in [0.2, 0.25) is 0 Å². The van der Waals surface area contributed by atoms with E-state index in [1.54, 1.807) is 0 Å². The Hall–Kier alpha value is -1.75. The van der Waals surface area contributed by atoms with Gasteiger partial charge in [0.25, 0.3) is 5.91 Å². The number of aromatic nitrogens is 1. The molecule has 1 atom stereocenters.